The van der Waals surface area contributed by atoms with E-state index in [0.717, 1.165) is 11.1 Å². The average molecular weight is 529 g/mol. The summed E-state index contributed by atoms with van der Waals surface area (Å²) in [4.78, 5) is 42.3. The highest BCUT2D eigenvalue weighted by Gasteiger charge is 2.60. The Morgan fingerprint density at radius 3 is 2.31 bits per heavy atom. The Hall–Kier alpha value is -4.01. The Labute approximate surface area is 227 Å². The second-order valence-corrected chi connectivity index (χ2v) is 9.79. The van der Waals surface area contributed by atoms with E-state index in [0.29, 0.717) is 19.4 Å². The van der Waals surface area contributed by atoms with Crippen LogP contribution in [0.5, 0.6) is 0 Å². The number of hydrogen-bond acceptors (Lipinski definition) is 7. The molecule has 8 heteroatoms. The minimum Gasteiger partial charge on any atom is -0.466 e. The number of esters is 2. The molecule has 1 N–H and O–H groups in total. The molecule has 0 aliphatic carbocycles. The number of methoxy groups -OCH3 is 2. The molecular weight excluding hydrogens is 496 g/mol. The maximum absolute atomic E-state index is 14.4. The molecule has 3 aliphatic rings. The summed E-state index contributed by atoms with van der Waals surface area (Å²) >= 11 is 0. The zero-order chi connectivity index (χ0) is 27.4. The summed E-state index contributed by atoms with van der Waals surface area (Å²) in [7, 11) is 2.53. The standard InChI is InChI=1S/C31H32N2O6/c1-37-29(35)26-24-16-17-31(39-24,27(26)30(36)38-2)25-15-9-10-18-32-23(19-21-11-5-3-6-12-21)28(34)33(25)20-22-13-7-4-8-14-22/h3-14,16-17,23-25,32H,15,18-20H2,1-2H3/b10-9-/t23-,24+,25+,31+/m0/s1. The van der Waals surface area contributed by atoms with Crippen molar-refractivity contribution < 1.29 is 28.6 Å². The Balaban J connectivity index is 1.62. The van der Waals surface area contributed by atoms with E-state index in [1.54, 1.807) is 17.1 Å². The molecular formula is C31H32N2O6. The van der Waals surface area contributed by atoms with E-state index in [4.69, 9.17) is 14.2 Å². The van der Waals surface area contributed by atoms with Crippen molar-refractivity contribution in [3.05, 3.63) is 107 Å². The van der Waals surface area contributed by atoms with Gasteiger partial charge in [0, 0.05) is 13.1 Å². The zero-order valence-corrected chi connectivity index (χ0v) is 22.0. The number of nitrogens with one attached hydrogen (secondary N) is 1. The predicted molar refractivity (Wildman–Crippen MR) is 144 cm³/mol. The maximum Gasteiger partial charge on any atom is 0.337 e. The van der Waals surface area contributed by atoms with Gasteiger partial charge in [0.15, 0.2) is 0 Å². The van der Waals surface area contributed by atoms with E-state index in [1.807, 2.05) is 72.8 Å². The van der Waals surface area contributed by atoms with Gasteiger partial charge >= 0.3 is 11.9 Å². The van der Waals surface area contributed by atoms with Gasteiger partial charge in [-0.3, -0.25) is 4.79 Å². The van der Waals surface area contributed by atoms with E-state index >= 15 is 0 Å². The summed E-state index contributed by atoms with van der Waals surface area (Å²) < 4.78 is 16.6. The van der Waals surface area contributed by atoms with Gasteiger partial charge in [-0.2, -0.15) is 0 Å². The largest absolute Gasteiger partial charge is 0.466 e. The van der Waals surface area contributed by atoms with Crippen molar-refractivity contribution in [3.8, 4) is 0 Å². The second-order valence-electron chi connectivity index (χ2n) is 9.79. The number of fused-ring (bicyclic) bond motifs is 2. The molecule has 0 saturated carbocycles. The molecule has 0 saturated heterocycles. The van der Waals surface area contributed by atoms with Crippen LogP contribution < -0.4 is 5.32 Å². The highest BCUT2D eigenvalue weighted by Crippen LogP contribution is 2.48. The van der Waals surface area contributed by atoms with Crippen LogP contribution in [0.25, 0.3) is 0 Å². The van der Waals surface area contributed by atoms with Crippen molar-refractivity contribution >= 4 is 17.8 Å². The quantitative estimate of drug-likeness (QED) is 0.436. The molecule has 5 rings (SSSR count). The molecule has 2 bridgehead atoms. The Morgan fingerprint density at radius 2 is 1.64 bits per heavy atom. The summed E-state index contributed by atoms with van der Waals surface area (Å²) in [6.45, 7) is 0.797. The third-order valence-corrected chi connectivity index (χ3v) is 7.52. The van der Waals surface area contributed by atoms with E-state index in [1.165, 1.54) is 14.2 Å². The van der Waals surface area contributed by atoms with Crippen molar-refractivity contribution in [3.63, 3.8) is 0 Å². The Morgan fingerprint density at radius 1 is 0.974 bits per heavy atom. The first-order valence-electron chi connectivity index (χ1n) is 13.0. The summed E-state index contributed by atoms with van der Waals surface area (Å²) in [5.74, 6) is -1.46. The van der Waals surface area contributed by atoms with E-state index < -0.39 is 35.7 Å². The number of amides is 1. The van der Waals surface area contributed by atoms with Gasteiger partial charge in [-0.25, -0.2) is 9.59 Å². The van der Waals surface area contributed by atoms with Crippen LogP contribution in [0.1, 0.15) is 17.5 Å². The van der Waals surface area contributed by atoms with E-state index in [9.17, 15) is 14.4 Å². The Kier molecular flexibility index (Phi) is 7.77. The van der Waals surface area contributed by atoms with Gasteiger partial charge in [-0.1, -0.05) is 78.9 Å². The fourth-order valence-electron chi connectivity index (χ4n) is 5.70. The fraction of sp³-hybridized carbons (Fsp3) is 0.323. The lowest BCUT2D eigenvalue weighted by Gasteiger charge is -2.42. The second kappa shape index (κ2) is 11.4. The van der Waals surface area contributed by atoms with Crippen LogP contribution in [0, 0.1) is 0 Å². The van der Waals surface area contributed by atoms with Crippen LogP contribution in [-0.4, -0.2) is 67.3 Å². The molecule has 0 spiro atoms. The first kappa shape index (κ1) is 26.6. The number of nitrogens with zero attached hydrogens (tertiary/aromatic N) is 1. The number of ether oxygens (including phenoxy) is 3. The molecule has 202 valence electrons. The summed E-state index contributed by atoms with van der Waals surface area (Å²) in [5.41, 5.74) is 0.781. The van der Waals surface area contributed by atoms with Crippen molar-refractivity contribution in [2.75, 3.05) is 20.8 Å². The normalized spacial score (nSPS) is 27.1. The molecule has 3 heterocycles. The SMILES string of the molecule is COC(=O)C1=C(C(=O)OC)[C@]2([C@H]3C/C=C\CN[C@@H](Cc4ccccc4)C(=O)N3Cc3ccccc3)C=C[C@H]1O2. The number of rotatable bonds is 7. The molecule has 39 heavy (non-hydrogen) atoms. The minimum atomic E-state index is -1.38. The third kappa shape index (κ3) is 5.05. The molecule has 0 fully saturated rings. The number of hydrogen-bond donors (Lipinski definition) is 1. The lowest BCUT2D eigenvalue weighted by atomic mass is 9.79. The van der Waals surface area contributed by atoms with Gasteiger partial charge in [-0.05, 0) is 30.0 Å². The third-order valence-electron chi connectivity index (χ3n) is 7.52. The maximum atomic E-state index is 14.4. The van der Waals surface area contributed by atoms with Crippen LogP contribution in [-0.2, 0) is 41.6 Å². The number of carbonyl (C=O) groups is 3. The first-order chi connectivity index (χ1) is 19.0. The summed E-state index contributed by atoms with van der Waals surface area (Å²) in [6, 6.07) is 18.4. The number of benzene rings is 2. The van der Waals surface area contributed by atoms with Crippen molar-refractivity contribution in [1.29, 1.82) is 0 Å². The van der Waals surface area contributed by atoms with Crippen molar-refractivity contribution in [1.82, 2.24) is 10.2 Å². The fourth-order valence-corrected chi connectivity index (χ4v) is 5.70. The van der Waals surface area contributed by atoms with Gasteiger partial charge in [0.1, 0.15) is 11.7 Å². The van der Waals surface area contributed by atoms with Gasteiger partial charge in [-0.15, -0.1) is 0 Å². The lowest BCUT2D eigenvalue weighted by Crippen LogP contribution is -2.58. The highest BCUT2D eigenvalue weighted by atomic mass is 16.6. The topological polar surface area (TPSA) is 94.2 Å². The van der Waals surface area contributed by atoms with Gasteiger partial charge < -0.3 is 24.4 Å². The predicted octanol–water partition coefficient (Wildman–Crippen LogP) is 2.89. The first-order valence-corrected chi connectivity index (χ1v) is 13.0. The van der Waals surface area contributed by atoms with Crippen molar-refractivity contribution in [2.24, 2.45) is 0 Å². The monoisotopic (exact) mass is 528 g/mol. The van der Waals surface area contributed by atoms with Crippen LogP contribution in [0.15, 0.2) is 96.1 Å². The molecule has 2 aromatic carbocycles. The van der Waals surface area contributed by atoms with E-state index in [-0.39, 0.29) is 23.6 Å². The van der Waals surface area contributed by atoms with Gasteiger partial charge in [0.25, 0.3) is 0 Å². The zero-order valence-electron chi connectivity index (χ0n) is 22.0. The van der Waals surface area contributed by atoms with Crippen LogP contribution in [0.3, 0.4) is 0 Å². The van der Waals surface area contributed by atoms with Crippen LogP contribution >= 0.6 is 0 Å². The Bertz CT molecular complexity index is 1320. The molecule has 0 radical (unpaired) electrons. The molecule has 0 aromatic heterocycles. The molecule has 3 aliphatic heterocycles. The van der Waals surface area contributed by atoms with Crippen molar-refractivity contribution in [2.45, 2.75) is 43.2 Å². The summed E-state index contributed by atoms with van der Waals surface area (Å²) in [5, 5.41) is 3.39. The molecule has 1 amide bonds. The van der Waals surface area contributed by atoms with E-state index in [2.05, 4.69) is 5.32 Å². The van der Waals surface area contributed by atoms with Gasteiger partial charge in [0.2, 0.25) is 5.91 Å². The molecule has 8 nitrogen and oxygen atoms in total. The molecule has 0 unspecified atom stereocenters. The smallest absolute Gasteiger partial charge is 0.337 e. The summed E-state index contributed by atoms with van der Waals surface area (Å²) in [6.07, 6.45) is 7.62. The number of carbonyl (C=O) groups excluding carboxylic acids is 3. The average Bonchev–Trinajstić information content (AvgIpc) is 3.56. The lowest BCUT2D eigenvalue weighted by molar-refractivity contribution is -0.146. The molecule has 4 atom stereocenters. The van der Waals surface area contributed by atoms with Crippen LogP contribution in [0.2, 0.25) is 0 Å². The van der Waals surface area contributed by atoms with Crippen LogP contribution in [0.4, 0.5) is 0 Å². The minimum absolute atomic E-state index is 0.0837. The van der Waals surface area contributed by atoms with Gasteiger partial charge in [0.05, 0.1) is 37.4 Å². The highest BCUT2D eigenvalue weighted by molar-refractivity contribution is 6.05. The molecule has 2 aromatic rings.